The molecule has 0 unspecified atom stereocenters. The van der Waals surface area contributed by atoms with Crippen molar-refractivity contribution in [3.63, 3.8) is 0 Å². The number of ether oxygens (including phenoxy) is 2. The molecule has 1 fully saturated rings. The van der Waals surface area contributed by atoms with Crippen LogP contribution in [0.2, 0.25) is 0 Å². The van der Waals surface area contributed by atoms with Crippen LogP contribution in [0.25, 0.3) is 44.0 Å². The summed E-state index contributed by atoms with van der Waals surface area (Å²) in [6.07, 6.45) is 1.78. The van der Waals surface area contributed by atoms with Crippen LogP contribution in [0.15, 0.2) is 40.9 Å². The van der Waals surface area contributed by atoms with Gasteiger partial charge in [-0.25, -0.2) is 9.97 Å². The summed E-state index contributed by atoms with van der Waals surface area (Å²) in [5.41, 5.74) is 5.39. The van der Waals surface area contributed by atoms with E-state index in [-0.39, 0.29) is 5.92 Å². The Labute approximate surface area is 224 Å². The maximum Gasteiger partial charge on any atom is 0.161 e. The molecule has 2 N–H and O–H groups in total. The van der Waals surface area contributed by atoms with Crippen molar-refractivity contribution in [2.24, 2.45) is 7.05 Å². The maximum absolute atomic E-state index is 5.87. The number of nitrogens with zero attached hydrogens (tertiary/aromatic N) is 5. The van der Waals surface area contributed by atoms with Crippen LogP contribution in [0.5, 0.6) is 5.75 Å². The number of hydrogen-bond donors (Lipinski definition) is 2. The molecule has 0 saturated carbocycles. The first-order valence-corrected chi connectivity index (χ1v) is 13.1. The quantitative estimate of drug-likeness (QED) is 0.286. The minimum atomic E-state index is 0.225. The first kappa shape index (κ1) is 23.7. The van der Waals surface area contributed by atoms with E-state index in [9.17, 15) is 0 Å². The predicted octanol–water partition coefficient (Wildman–Crippen LogP) is 5.92. The fourth-order valence-electron chi connectivity index (χ4n) is 5.72. The molecule has 10 nitrogen and oxygen atoms in total. The van der Waals surface area contributed by atoms with Gasteiger partial charge in [0, 0.05) is 48.0 Å². The number of methoxy groups -OCH3 is 1. The Kier molecular flexibility index (Phi) is 5.52. The molecule has 5 heterocycles. The van der Waals surface area contributed by atoms with Crippen LogP contribution in [-0.2, 0) is 11.8 Å². The molecule has 39 heavy (non-hydrogen) atoms. The number of aromatic nitrogens is 6. The van der Waals surface area contributed by atoms with Gasteiger partial charge in [-0.3, -0.25) is 4.68 Å². The Bertz CT molecular complexity index is 1840. The number of aryl methyl sites for hydroxylation is 3. The van der Waals surface area contributed by atoms with Gasteiger partial charge < -0.3 is 24.3 Å². The first-order valence-electron chi connectivity index (χ1n) is 13.1. The highest BCUT2D eigenvalue weighted by molar-refractivity contribution is 6.13. The molecule has 1 aliphatic heterocycles. The van der Waals surface area contributed by atoms with E-state index in [0.29, 0.717) is 19.0 Å². The Hall–Kier alpha value is -4.44. The molecule has 2 aromatic carbocycles. The lowest BCUT2D eigenvalue weighted by molar-refractivity contribution is 0.0837. The monoisotopic (exact) mass is 523 g/mol. The average molecular weight is 524 g/mol. The summed E-state index contributed by atoms with van der Waals surface area (Å²) < 4.78 is 18.8. The normalized spacial score (nSPS) is 14.6. The molecule has 1 saturated heterocycles. The summed E-state index contributed by atoms with van der Waals surface area (Å²) in [7, 11) is 3.62. The van der Waals surface area contributed by atoms with E-state index in [1.54, 1.807) is 7.11 Å². The lowest BCUT2D eigenvalue weighted by Gasteiger charge is -2.21. The van der Waals surface area contributed by atoms with Crippen LogP contribution >= 0.6 is 0 Å². The fraction of sp³-hybridized carbons (Fsp3) is 0.310. The van der Waals surface area contributed by atoms with Crippen LogP contribution in [-0.4, -0.2) is 50.2 Å². The molecule has 0 amide bonds. The van der Waals surface area contributed by atoms with Gasteiger partial charge in [-0.1, -0.05) is 17.3 Å². The minimum absolute atomic E-state index is 0.225. The SMILES string of the molecule is COc1cc2c(cc1-c1c(C)noc1C)[nH]c1nc(C3CCOCC3)nc(Nc3nn(C)c4ccccc34)c12. The molecular formula is C29H29N7O3. The van der Waals surface area contributed by atoms with Crippen molar-refractivity contribution in [1.82, 2.24) is 29.9 Å². The number of anilines is 2. The van der Waals surface area contributed by atoms with E-state index in [1.165, 1.54) is 0 Å². The van der Waals surface area contributed by atoms with Crippen LogP contribution in [0.3, 0.4) is 0 Å². The van der Waals surface area contributed by atoms with Crippen molar-refractivity contribution in [2.45, 2.75) is 32.6 Å². The molecule has 0 atom stereocenters. The Balaban J connectivity index is 1.47. The van der Waals surface area contributed by atoms with E-state index < -0.39 is 0 Å². The Morgan fingerprint density at radius 2 is 1.87 bits per heavy atom. The number of H-pyrrole nitrogens is 1. The number of benzene rings is 2. The fourth-order valence-corrected chi connectivity index (χ4v) is 5.72. The molecule has 7 rings (SSSR count). The molecule has 6 aromatic rings. The zero-order valence-corrected chi connectivity index (χ0v) is 22.3. The molecule has 0 spiro atoms. The second-order valence-corrected chi connectivity index (χ2v) is 10.1. The summed E-state index contributed by atoms with van der Waals surface area (Å²) >= 11 is 0. The highest BCUT2D eigenvalue weighted by Gasteiger charge is 2.25. The van der Waals surface area contributed by atoms with E-state index in [2.05, 4.69) is 33.7 Å². The van der Waals surface area contributed by atoms with Gasteiger partial charge in [-0.15, -0.1) is 0 Å². The van der Waals surface area contributed by atoms with E-state index >= 15 is 0 Å². The van der Waals surface area contributed by atoms with Crippen LogP contribution in [0, 0.1) is 13.8 Å². The smallest absolute Gasteiger partial charge is 0.161 e. The van der Waals surface area contributed by atoms with Crippen molar-refractivity contribution in [2.75, 3.05) is 25.6 Å². The number of nitrogens with one attached hydrogen (secondary N) is 2. The van der Waals surface area contributed by atoms with E-state index in [1.807, 2.05) is 43.8 Å². The standard InChI is InChI=1S/C29H29N7O3/c1-15-24(16(2)39-35-15)20-13-21-19(14-23(20)37-4)25-28(30-21)31-26(17-9-11-38-12-10-17)32-29(25)33-27-18-7-5-6-8-22(18)36(3)34-27/h5-8,13-14,17H,9-12H2,1-4H3,(H2,30,31,32,33,34). The largest absolute Gasteiger partial charge is 0.496 e. The molecule has 4 aromatic heterocycles. The number of aromatic amines is 1. The lowest BCUT2D eigenvalue weighted by Crippen LogP contribution is -2.17. The van der Waals surface area contributed by atoms with Crippen molar-refractivity contribution >= 4 is 44.5 Å². The number of fused-ring (bicyclic) bond motifs is 4. The predicted molar refractivity (Wildman–Crippen MR) is 150 cm³/mol. The zero-order chi connectivity index (χ0) is 26.7. The average Bonchev–Trinajstić information content (AvgIpc) is 3.60. The summed E-state index contributed by atoms with van der Waals surface area (Å²) in [5.74, 6) is 3.96. The van der Waals surface area contributed by atoms with Gasteiger partial charge >= 0.3 is 0 Å². The van der Waals surface area contributed by atoms with Crippen LogP contribution < -0.4 is 10.1 Å². The third-order valence-electron chi connectivity index (χ3n) is 7.67. The van der Waals surface area contributed by atoms with Crippen LogP contribution in [0.1, 0.15) is 36.0 Å². The second kappa shape index (κ2) is 9.09. The third-order valence-corrected chi connectivity index (χ3v) is 7.67. The van der Waals surface area contributed by atoms with Crippen LogP contribution in [0.4, 0.5) is 11.6 Å². The van der Waals surface area contributed by atoms with E-state index in [4.69, 9.17) is 29.1 Å². The molecular weight excluding hydrogens is 494 g/mol. The highest BCUT2D eigenvalue weighted by atomic mass is 16.5. The maximum atomic E-state index is 5.87. The van der Waals surface area contributed by atoms with Crippen molar-refractivity contribution in [1.29, 1.82) is 0 Å². The summed E-state index contributed by atoms with van der Waals surface area (Å²) in [5, 5.41) is 15.4. The van der Waals surface area contributed by atoms with Crippen molar-refractivity contribution in [3.8, 4) is 16.9 Å². The van der Waals surface area contributed by atoms with Gasteiger partial charge in [0.25, 0.3) is 0 Å². The minimum Gasteiger partial charge on any atom is -0.496 e. The second-order valence-electron chi connectivity index (χ2n) is 10.1. The number of hydrogen-bond acceptors (Lipinski definition) is 8. The zero-order valence-electron chi connectivity index (χ0n) is 22.3. The summed E-state index contributed by atoms with van der Waals surface area (Å²) in [4.78, 5) is 13.7. The third kappa shape index (κ3) is 3.82. The molecule has 0 radical (unpaired) electrons. The summed E-state index contributed by atoms with van der Waals surface area (Å²) in [6.45, 7) is 5.27. The van der Waals surface area contributed by atoms with Gasteiger partial charge in [-0.2, -0.15) is 5.10 Å². The van der Waals surface area contributed by atoms with Gasteiger partial charge in [0.05, 0.1) is 29.3 Å². The molecule has 0 aliphatic carbocycles. The van der Waals surface area contributed by atoms with Gasteiger partial charge in [0.2, 0.25) is 0 Å². The highest BCUT2D eigenvalue weighted by Crippen LogP contribution is 2.42. The van der Waals surface area contributed by atoms with E-state index in [0.717, 1.165) is 85.7 Å². The Morgan fingerprint density at radius 1 is 1.05 bits per heavy atom. The lowest BCUT2D eigenvalue weighted by atomic mass is 9.99. The molecule has 0 bridgehead atoms. The first-order chi connectivity index (χ1) is 19.0. The topological polar surface area (TPSA) is 116 Å². The van der Waals surface area contributed by atoms with Gasteiger partial charge in [-0.05, 0) is 51.0 Å². The number of para-hydroxylation sites is 1. The molecule has 10 heteroatoms. The van der Waals surface area contributed by atoms with Gasteiger partial charge in [0.15, 0.2) is 5.82 Å². The van der Waals surface area contributed by atoms with Crippen molar-refractivity contribution < 1.29 is 14.0 Å². The van der Waals surface area contributed by atoms with Gasteiger partial charge in [0.1, 0.15) is 28.8 Å². The number of rotatable bonds is 5. The van der Waals surface area contributed by atoms with Crippen molar-refractivity contribution in [3.05, 3.63) is 53.7 Å². The molecule has 1 aliphatic rings. The molecule has 198 valence electrons. The summed E-state index contributed by atoms with van der Waals surface area (Å²) in [6, 6.07) is 12.3. The Morgan fingerprint density at radius 3 is 2.64 bits per heavy atom.